The third-order valence-electron chi connectivity index (χ3n) is 5.97. The van der Waals surface area contributed by atoms with Gasteiger partial charge in [-0.25, -0.2) is 9.97 Å². The number of carbonyl (C=O) groups excluding carboxylic acids is 2. The van der Waals surface area contributed by atoms with Gasteiger partial charge in [-0.15, -0.1) is 0 Å². The lowest BCUT2D eigenvalue weighted by molar-refractivity contribution is -0.131. The molecule has 2 aliphatic rings. The first-order valence-corrected chi connectivity index (χ1v) is 10.2. The molecule has 0 aromatic carbocycles. The van der Waals surface area contributed by atoms with Gasteiger partial charge >= 0.3 is 0 Å². The lowest BCUT2D eigenvalue weighted by Crippen LogP contribution is -2.61. The standard InChI is InChI=1S/C21H28N6O2/c1-4-17(28)27-10-9-26(13-21(27,2)3)16-12-23-19-18(25-16)15(11-22-19)20(29)24-14-7-5-6-8-14/h4,11-12,14H,1,5-10,13H2,2-3H3,(H,22,23)(H,24,29). The molecule has 8 nitrogen and oxygen atoms in total. The molecule has 2 aromatic rings. The van der Waals surface area contributed by atoms with Crippen molar-refractivity contribution in [3.63, 3.8) is 0 Å². The number of aromatic amines is 1. The van der Waals surface area contributed by atoms with Gasteiger partial charge in [0.25, 0.3) is 5.91 Å². The molecule has 1 saturated heterocycles. The van der Waals surface area contributed by atoms with Crippen molar-refractivity contribution >= 4 is 28.8 Å². The fraction of sp³-hybridized carbons (Fsp3) is 0.524. The van der Waals surface area contributed by atoms with Crippen LogP contribution in [0.3, 0.4) is 0 Å². The lowest BCUT2D eigenvalue weighted by atomic mass is 9.98. The summed E-state index contributed by atoms with van der Waals surface area (Å²) in [6, 6.07) is 0.250. The van der Waals surface area contributed by atoms with Gasteiger partial charge in [-0.3, -0.25) is 9.59 Å². The van der Waals surface area contributed by atoms with E-state index in [0.29, 0.717) is 42.2 Å². The quantitative estimate of drug-likeness (QED) is 0.773. The number of rotatable bonds is 4. The molecule has 3 heterocycles. The van der Waals surface area contributed by atoms with E-state index >= 15 is 0 Å². The van der Waals surface area contributed by atoms with E-state index in [1.165, 1.54) is 18.9 Å². The normalized spacial score (nSPS) is 19.5. The second-order valence-electron chi connectivity index (χ2n) is 8.51. The van der Waals surface area contributed by atoms with Gasteiger partial charge in [0.2, 0.25) is 5.91 Å². The van der Waals surface area contributed by atoms with Crippen molar-refractivity contribution in [3.05, 3.63) is 30.6 Å². The van der Waals surface area contributed by atoms with Gasteiger partial charge in [0.15, 0.2) is 5.65 Å². The highest BCUT2D eigenvalue weighted by molar-refractivity contribution is 6.04. The maximum absolute atomic E-state index is 12.8. The van der Waals surface area contributed by atoms with E-state index in [1.54, 1.807) is 12.4 Å². The van der Waals surface area contributed by atoms with Crippen LogP contribution >= 0.6 is 0 Å². The second kappa shape index (κ2) is 7.50. The summed E-state index contributed by atoms with van der Waals surface area (Å²) in [7, 11) is 0. The van der Waals surface area contributed by atoms with Crippen LogP contribution in [0.1, 0.15) is 49.9 Å². The largest absolute Gasteiger partial charge is 0.351 e. The minimum absolute atomic E-state index is 0.0623. The second-order valence-corrected chi connectivity index (χ2v) is 8.51. The molecule has 4 rings (SSSR count). The van der Waals surface area contributed by atoms with E-state index in [0.717, 1.165) is 12.8 Å². The van der Waals surface area contributed by atoms with Gasteiger partial charge in [0.05, 0.1) is 17.3 Å². The zero-order valence-corrected chi connectivity index (χ0v) is 17.1. The monoisotopic (exact) mass is 396 g/mol. The Morgan fingerprint density at radius 2 is 2.07 bits per heavy atom. The van der Waals surface area contributed by atoms with Crippen LogP contribution in [0.25, 0.3) is 11.2 Å². The molecule has 8 heteroatoms. The van der Waals surface area contributed by atoms with Crippen molar-refractivity contribution in [2.24, 2.45) is 0 Å². The number of piperazine rings is 1. The Bertz CT molecular complexity index is 944. The van der Waals surface area contributed by atoms with Gasteiger partial charge in [-0.05, 0) is 32.8 Å². The number of carbonyl (C=O) groups is 2. The van der Waals surface area contributed by atoms with Gasteiger partial charge in [-0.1, -0.05) is 19.4 Å². The van der Waals surface area contributed by atoms with E-state index in [1.807, 2.05) is 18.7 Å². The summed E-state index contributed by atoms with van der Waals surface area (Å²) in [6.07, 6.45) is 9.17. The van der Waals surface area contributed by atoms with Crippen LogP contribution in [0.2, 0.25) is 0 Å². The first-order chi connectivity index (χ1) is 13.9. The molecule has 1 aliphatic heterocycles. The molecule has 0 unspecified atom stereocenters. The Labute approximate surface area is 170 Å². The van der Waals surface area contributed by atoms with Crippen molar-refractivity contribution in [2.45, 2.75) is 51.1 Å². The smallest absolute Gasteiger partial charge is 0.255 e. The molecule has 29 heavy (non-hydrogen) atoms. The molecule has 0 bridgehead atoms. The Morgan fingerprint density at radius 1 is 1.31 bits per heavy atom. The zero-order chi connectivity index (χ0) is 20.6. The van der Waals surface area contributed by atoms with Crippen molar-refractivity contribution in [1.29, 1.82) is 0 Å². The number of amides is 2. The number of H-pyrrole nitrogens is 1. The average molecular weight is 396 g/mol. The topological polar surface area (TPSA) is 94.2 Å². The average Bonchev–Trinajstić information content (AvgIpc) is 3.35. The van der Waals surface area contributed by atoms with Crippen LogP contribution in [0.4, 0.5) is 5.82 Å². The number of nitrogens with one attached hydrogen (secondary N) is 2. The van der Waals surface area contributed by atoms with Crippen LogP contribution in [0.15, 0.2) is 25.0 Å². The minimum Gasteiger partial charge on any atom is -0.351 e. The van der Waals surface area contributed by atoms with E-state index in [9.17, 15) is 9.59 Å². The summed E-state index contributed by atoms with van der Waals surface area (Å²) in [4.78, 5) is 41.1. The summed E-state index contributed by atoms with van der Waals surface area (Å²) < 4.78 is 0. The van der Waals surface area contributed by atoms with Crippen LogP contribution in [-0.2, 0) is 4.79 Å². The molecule has 0 atom stereocenters. The number of aromatic nitrogens is 3. The molecule has 1 saturated carbocycles. The van der Waals surface area contributed by atoms with E-state index in [-0.39, 0.29) is 23.4 Å². The van der Waals surface area contributed by atoms with E-state index in [4.69, 9.17) is 4.98 Å². The van der Waals surface area contributed by atoms with E-state index < -0.39 is 0 Å². The highest BCUT2D eigenvalue weighted by atomic mass is 16.2. The summed E-state index contributed by atoms with van der Waals surface area (Å²) >= 11 is 0. The van der Waals surface area contributed by atoms with Gasteiger partial charge < -0.3 is 20.1 Å². The highest BCUT2D eigenvalue weighted by Crippen LogP contribution is 2.26. The predicted molar refractivity (Wildman–Crippen MR) is 112 cm³/mol. The fourth-order valence-electron chi connectivity index (χ4n) is 4.41. The van der Waals surface area contributed by atoms with Gasteiger partial charge in [-0.2, -0.15) is 0 Å². The van der Waals surface area contributed by atoms with Crippen LogP contribution < -0.4 is 10.2 Å². The maximum Gasteiger partial charge on any atom is 0.255 e. The Balaban J connectivity index is 1.56. The van der Waals surface area contributed by atoms with Gasteiger partial charge in [0, 0.05) is 31.9 Å². The lowest BCUT2D eigenvalue weighted by Gasteiger charge is -2.47. The van der Waals surface area contributed by atoms with Crippen molar-refractivity contribution < 1.29 is 9.59 Å². The molecular formula is C21H28N6O2. The number of anilines is 1. The molecule has 2 aromatic heterocycles. The number of nitrogens with zero attached hydrogens (tertiary/aromatic N) is 4. The predicted octanol–water partition coefficient (Wildman–Crippen LogP) is 2.24. The summed E-state index contributed by atoms with van der Waals surface area (Å²) in [5.74, 6) is 0.551. The highest BCUT2D eigenvalue weighted by Gasteiger charge is 2.36. The van der Waals surface area contributed by atoms with E-state index in [2.05, 4.69) is 26.8 Å². The maximum atomic E-state index is 12.8. The first-order valence-electron chi connectivity index (χ1n) is 10.2. The Morgan fingerprint density at radius 3 is 2.76 bits per heavy atom. The third kappa shape index (κ3) is 3.71. The minimum atomic E-state index is -0.360. The molecule has 1 aliphatic carbocycles. The summed E-state index contributed by atoms with van der Waals surface area (Å²) in [5, 5.41) is 3.12. The molecule has 2 fully saturated rings. The molecule has 2 N–H and O–H groups in total. The number of hydrogen-bond donors (Lipinski definition) is 2. The van der Waals surface area contributed by atoms with Crippen LogP contribution in [0.5, 0.6) is 0 Å². The molecule has 2 amide bonds. The van der Waals surface area contributed by atoms with Crippen molar-refractivity contribution in [3.8, 4) is 0 Å². The first kappa shape index (κ1) is 19.4. The molecular weight excluding hydrogens is 368 g/mol. The molecule has 0 spiro atoms. The number of fused-ring (bicyclic) bond motifs is 1. The Kier molecular flexibility index (Phi) is 5.02. The SMILES string of the molecule is C=CC(=O)N1CCN(c2cnc3[nH]cc(C(=O)NC4CCCC4)c3n2)CC1(C)C. The summed E-state index contributed by atoms with van der Waals surface area (Å²) in [6.45, 7) is 9.52. The third-order valence-corrected chi connectivity index (χ3v) is 5.97. The van der Waals surface area contributed by atoms with Crippen molar-refractivity contribution in [1.82, 2.24) is 25.2 Å². The Hall–Kier alpha value is -2.90. The zero-order valence-electron chi connectivity index (χ0n) is 17.1. The van der Waals surface area contributed by atoms with Gasteiger partial charge in [0.1, 0.15) is 11.3 Å². The van der Waals surface area contributed by atoms with Crippen LogP contribution in [-0.4, -0.2) is 62.9 Å². The van der Waals surface area contributed by atoms with Crippen molar-refractivity contribution in [2.75, 3.05) is 24.5 Å². The van der Waals surface area contributed by atoms with Crippen LogP contribution in [0, 0.1) is 0 Å². The molecule has 154 valence electrons. The fourth-order valence-corrected chi connectivity index (χ4v) is 4.41. The molecule has 0 radical (unpaired) electrons. The number of hydrogen-bond acceptors (Lipinski definition) is 5. The summed E-state index contributed by atoms with van der Waals surface area (Å²) in [5.41, 5.74) is 1.35.